The molecule has 8 atom stereocenters. The van der Waals surface area contributed by atoms with Gasteiger partial charge in [-0.2, -0.15) is 0 Å². The van der Waals surface area contributed by atoms with E-state index in [-0.39, 0.29) is 78.4 Å². The summed E-state index contributed by atoms with van der Waals surface area (Å²) in [4.78, 5) is 52.9. The Kier molecular flexibility index (Phi) is 2.58. The third-order valence-corrected chi connectivity index (χ3v) is 6.91. The first kappa shape index (κ1) is 14.4. The zero-order valence-electron chi connectivity index (χ0n) is 13.5. The SMILES string of the molecule is O=C1[C@H]2C[C@@H]3O[C@@H]3C[C@H]2C(=O)N1CN1C(=O)[C@H]2C[C@H]3O[C@@H]3C[C@H]2C1=O. The van der Waals surface area contributed by atoms with Gasteiger partial charge in [0.1, 0.15) is 6.67 Å². The molecule has 0 aromatic heterocycles. The largest absolute Gasteiger partial charge is 0.370 e. The Morgan fingerprint density at radius 2 is 0.880 bits per heavy atom. The highest BCUT2D eigenvalue weighted by Gasteiger charge is 2.61. The first-order chi connectivity index (χ1) is 12.0. The Morgan fingerprint density at radius 3 is 1.16 bits per heavy atom. The van der Waals surface area contributed by atoms with E-state index >= 15 is 0 Å². The molecule has 2 aliphatic carbocycles. The highest BCUT2D eigenvalue weighted by molar-refractivity contribution is 6.08. The third kappa shape index (κ3) is 1.84. The molecule has 4 heterocycles. The average Bonchev–Trinajstić information content (AvgIpc) is 3.49. The zero-order chi connectivity index (χ0) is 17.0. The second-order valence-corrected chi connectivity index (χ2v) is 8.15. The molecule has 4 aliphatic heterocycles. The van der Waals surface area contributed by atoms with Crippen molar-refractivity contribution in [2.45, 2.75) is 50.1 Å². The molecule has 6 fully saturated rings. The molecule has 0 spiro atoms. The second kappa shape index (κ2) is 4.48. The number of ether oxygens (including phenoxy) is 2. The van der Waals surface area contributed by atoms with Crippen molar-refractivity contribution in [3.63, 3.8) is 0 Å². The van der Waals surface area contributed by atoms with Gasteiger partial charge in [0.05, 0.1) is 48.1 Å². The van der Waals surface area contributed by atoms with Crippen molar-refractivity contribution < 1.29 is 28.7 Å². The summed E-state index contributed by atoms with van der Waals surface area (Å²) in [5, 5.41) is 0. The lowest BCUT2D eigenvalue weighted by atomic mass is 9.81. The third-order valence-electron chi connectivity index (χ3n) is 6.91. The van der Waals surface area contributed by atoms with Gasteiger partial charge in [-0.05, 0) is 25.7 Å². The van der Waals surface area contributed by atoms with Crippen LogP contribution in [0.15, 0.2) is 0 Å². The quantitative estimate of drug-likeness (QED) is 0.483. The van der Waals surface area contributed by atoms with Crippen LogP contribution in [0.3, 0.4) is 0 Å². The van der Waals surface area contributed by atoms with Crippen molar-refractivity contribution in [3.05, 3.63) is 0 Å². The molecule has 0 aromatic carbocycles. The molecule has 0 aromatic rings. The highest BCUT2D eigenvalue weighted by atomic mass is 16.6. The molecule has 6 aliphatic rings. The summed E-state index contributed by atoms with van der Waals surface area (Å²) in [6.45, 7) is -0.221. The van der Waals surface area contributed by atoms with Crippen LogP contribution in [0.25, 0.3) is 0 Å². The fraction of sp³-hybridized carbons (Fsp3) is 0.765. The molecule has 0 unspecified atom stereocenters. The van der Waals surface area contributed by atoms with Gasteiger partial charge in [0.15, 0.2) is 0 Å². The van der Waals surface area contributed by atoms with Crippen molar-refractivity contribution in [3.8, 4) is 0 Å². The molecule has 0 N–H and O–H groups in total. The maximum absolute atomic E-state index is 12.7. The maximum Gasteiger partial charge on any atom is 0.234 e. The van der Waals surface area contributed by atoms with E-state index in [4.69, 9.17) is 9.47 Å². The lowest BCUT2D eigenvalue weighted by Gasteiger charge is -2.22. The van der Waals surface area contributed by atoms with Gasteiger partial charge in [-0.25, -0.2) is 0 Å². The number of nitrogens with zero attached hydrogens (tertiary/aromatic N) is 2. The van der Waals surface area contributed by atoms with Gasteiger partial charge < -0.3 is 9.47 Å². The van der Waals surface area contributed by atoms with Gasteiger partial charge in [0.2, 0.25) is 23.6 Å². The summed E-state index contributed by atoms with van der Waals surface area (Å²) in [5.41, 5.74) is 0. The van der Waals surface area contributed by atoms with Crippen molar-refractivity contribution in [2.24, 2.45) is 23.7 Å². The van der Waals surface area contributed by atoms with Crippen molar-refractivity contribution in [1.82, 2.24) is 9.80 Å². The predicted octanol–water partition coefficient (Wildman–Crippen LogP) is -0.731. The van der Waals surface area contributed by atoms with Crippen LogP contribution in [0.4, 0.5) is 0 Å². The molecular formula is C17H18N2O6. The molecule has 0 radical (unpaired) electrons. The Hall–Kier alpha value is -1.80. The topological polar surface area (TPSA) is 99.8 Å². The summed E-state index contributed by atoms with van der Waals surface area (Å²) in [6, 6.07) is 0. The monoisotopic (exact) mass is 346 g/mol. The fourth-order valence-electron chi connectivity index (χ4n) is 5.38. The lowest BCUT2D eigenvalue weighted by Crippen LogP contribution is -2.45. The Morgan fingerprint density at radius 1 is 0.600 bits per heavy atom. The van der Waals surface area contributed by atoms with Gasteiger partial charge in [-0.3, -0.25) is 29.0 Å². The van der Waals surface area contributed by atoms with Crippen LogP contribution in [-0.2, 0) is 28.7 Å². The van der Waals surface area contributed by atoms with E-state index < -0.39 is 0 Å². The van der Waals surface area contributed by atoms with Crippen LogP contribution >= 0.6 is 0 Å². The molecule has 4 saturated heterocycles. The van der Waals surface area contributed by atoms with Crippen molar-refractivity contribution in [2.75, 3.05) is 6.67 Å². The smallest absolute Gasteiger partial charge is 0.234 e. The van der Waals surface area contributed by atoms with Crippen molar-refractivity contribution >= 4 is 23.6 Å². The molecule has 2 saturated carbocycles. The number of carbonyl (C=O) groups is 4. The van der Waals surface area contributed by atoms with Gasteiger partial charge in [0, 0.05) is 0 Å². The molecule has 0 bridgehead atoms. The number of epoxide rings is 2. The van der Waals surface area contributed by atoms with E-state index in [1.54, 1.807) is 0 Å². The summed E-state index contributed by atoms with van der Waals surface area (Å²) in [6.07, 6.45) is 2.69. The first-order valence-electron chi connectivity index (χ1n) is 9.04. The highest BCUT2D eigenvalue weighted by Crippen LogP contribution is 2.49. The summed E-state index contributed by atoms with van der Waals surface area (Å²) < 4.78 is 10.9. The van der Waals surface area contributed by atoms with Crippen LogP contribution in [0.2, 0.25) is 0 Å². The first-order valence-corrected chi connectivity index (χ1v) is 9.04. The van der Waals surface area contributed by atoms with E-state index in [2.05, 4.69) is 0 Å². The standard InChI is InChI=1S/C17H18N2O6/c20-14-6-1-10-11(24-10)2-7(6)15(21)18(14)5-19-16(22)8-3-12-13(25-12)4-9(8)17(19)23/h6-13H,1-5H2/t6-,7+,8-,9+,10-,11-,12-,13+/m1/s1. The van der Waals surface area contributed by atoms with E-state index in [0.29, 0.717) is 25.7 Å². The Bertz CT molecular complexity index is 621. The Labute approximate surface area is 143 Å². The van der Waals surface area contributed by atoms with Gasteiger partial charge >= 0.3 is 0 Å². The molecule has 8 nitrogen and oxygen atoms in total. The second-order valence-electron chi connectivity index (χ2n) is 8.15. The number of amides is 4. The number of fused-ring (bicyclic) bond motifs is 4. The summed E-state index contributed by atoms with van der Waals surface area (Å²) in [7, 11) is 0. The Balaban J connectivity index is 1.23. The van der Waals surface area contributed by atoms with Crippen LogP contribution < -0.4 is 0 Å². The minimum Gasteiger partial charge on any atom is -0.370 e. The molecule has 25 heavy (non-hydrogen) atoms. The number of carbonyl (C=O) groups excluding carboxylic acids is 4. The van der Waals surface area contributed by atoms with Gasteiger partial charge in [-0.15, -0.1) is 0 Å². The van der Waals surface area contributed by atoms with E-state index in [1.807, 2.05) is 0 Å². The van der Waals surface area contributed by atoms with Gasteiger partial charge in [0.25, 0.3) is 0 Å². The number of hydrogen-bond donors (Lipinski definition) is 0. The van der Waals surface area contributed by atoms with E-state index in [0.717, 1.165) is 9.80 Å². The maximum atomic E-state index is 12.7. The number of rotatable bonds is 2. The minimum atomic E-state index is -0.354. The molecule has 132 valence electrons. The zero-order valence-corrected chi connectivity index (χ0v) is 13.5. The average molecular weight is 346 g/mol. The van der Waals surface area contributed by atoms with Crippen LogP contribution in [-0.4, -0.2) is 64.5 Å². The lowest BCUT2D eigenvalue weighted by molar-refractivity contribution is -0.149. The van der Waals surface area contributed by atoms with Crippen molar-refractivity contribution in [1.29, 1.82) is 0 Å². The number of hydrogen-bond acceptors (Lipinski definition) is 6. The molecule has 6 rings (SSSR count). The van der Waals surface area contributed by atoms with Crippen LogP contribution in [0, 0.1) is 23.7 Å². The van der Waals surface area contributed by atoms with E-state index in [1.165, 1.54) is 0 Å². The van der Waals surface area contributed by atoms with E-state index in [9.17, 15) is 19.2 Å². The minimum absolute atomic E-state index is 0.0996. The molecule has 4 amide bonds. The predicted molar refractivity (Wildman–Crippen MR) is 78.3 cm³/mol. The van der Waals surface area contributed by atoms with Crippen LogP contribution in [0.1, 0.15) is 25.7 Å². The summed E-state index contributed by atoms with van der Waals surface area (Å²) >= 11 is 0. The number of imide groups is 2. The summed E-state index contributed by atoms with van der Waals surface area (Å²) in [5.74, 6) is -2.45. The molecular weight excluding hydrogens is 328 g/mol. The normalized spacial score (nSPS) is 49.8. The van der Waals surface area contributed by atoms with Gasteiger partial charge in [-0.1, -0.05) is 0 Å². The number of likely N-dealkylation sites (tertiary alicyclic amines) is 2. The fourth-order valence-corrected chi connectivity index (χ4v) is 5.38. The molecule has 8 heteroatoms. The van der Waals surface area contributed by atoms with Crippen LogP contribution in [0.5, 0.6) is 0 Å².